The number of hydrogen-bond acceptors (Lipinski definition) is 4. The van der Waals surface area contributed by atoms with Gasteiger partial charge >= 0.3 is 37.7 Å². The van der Waals surface area contributed by atoms with Gasteiger partial charge in [0.15, 0.2) is 5.52 Å². The second kappa shape index (κ2) is 10.5. The third-order valence-electron chi connectivity index (χ3n) is 1.55. The zero-order valence-corrected chi connectivity index (χ0v) is 10.0. The molecule has 0 fully saturated rings. The largest absolute Gasteiger partial charge is 1.00 e. The zero-order valence-electron chi connectivity index (χ0n) is 9.12. The Hall–Kier alpha value is 1.01. The normalized spacial score (nSPS) is 9.93. The first kappa shape index (κ1) is 20.4. The molecule has 4 nitrogen and oxygen atoms in total. The van der Waals surface area contributed by atoms with E-state index in [2.05, 4.69) is 0 Å². The minimum atomic E-state index is -4.94. The van der Waals surface area contributed by atoms with Crippen LogP contribution in [0.5, 0.6) is 0 Å². The van der Waals surface area contributed by atoms with Crippen molar-refractivity contribution in [2.45, 2.75) is 39.0 Å². The Kier molecular flexibility index (Phi) is 15.4. The van der Waals surface area contributed by atoms with Crippen LogP contribution in [0.25, 0.3) is 0 Å². The number of hydrogen-bond donors (Lipinski definition) is 0. The maximum Gasteiger partial charge on any atom is 1.00 e. The van der Waals surface area contributed by atoms with Crippen LogP contribution >= 0.6 is 7.60 Å². The predicted octanol–water partition coefficient (Wildman–Crippen LogP) is -5.59. The first-order valence-electron chi connectivity index (χ1n) is 4.04. The third-order valence-corrected chi connectivity index (χ3v) is 2.38. The molecule has 0 saturated carbocycles. The van der Waals surface area contributed by atoms with Crippen molar-refractivity contribution >= 4 is 13.1 Å². The molecule has 0 atom stereocenters. The standard InChI is InChI=1S/C7H15O4P.2Li/c1-2-3-4-5-6-7(8)12(9,10)11;;/h2-6H2,1H3,(H2,9,10,11);;/q;2*+1/p-2. The van der Waals surface area contributed by atoms with E-state index in [0.29, 0.717) is 6.42 Å². The third kappa shape index (κ3) is 11.1. The fourth-order valence-electron chi connectivity index (χ4n) is 0.840. The van der Waals surface area contributed by atoms with Gasteiger partial charge in [-0.2, -0.15) is 0 Å². The smallest absolute Gasteiger partial charge is 0.805 e. The molecular weight excluding hydrogens is 193 g/mol. The number of carbonyl (C=O) groups excluding carboxylic acids is 1. The van der Waals surface area contributed by atoms with E-state index >= 15 is 0 Å². The molecule has 14 heavy (non-hydrogen) atoms. The molecule has 0 rings (SSSR count). The topological polar surface area (TPSA) is 80.3 Å². The monoisotopic (exact) mass is 206 g/mol. The minimum Gasteiger partial charge on any atom is -0.805 e. The van der Waals surface area contributed by atoms with Crippen LogP contribution in [0.3, 0.4) is 0 Å². The van der Waals surface area contributed by atoms with Crippen LogP contribution in [0.15, 0.2) is 0 Å². The molecule has 0 aliphatic carbocycles. The average molecular weight is 206 g/mol. The van der Waals surface area contributed by atoms with Gasteiger partial charge in [0.05, 0.1) is 0 Å². The zero-order chi connectivity index (χ0) is 9.61. The van der Waals surface area contributed by atoms with Crippen molar-refractivity contribution in [1.82, 2.24) is 0 Å². The summed E-state index contributed by atoms with van der Waals surface area (Å²) in [6, 6.07) is 0. The molecule has 0 aromatic heterocycles. The molecule has 0 radical (unpaired) electrons. The van der Waals surface area contributed by atoms with Crippen molar-refractivity contribution in [3.8, 4) is 0 Å². The molecule has 0 saturated heterocycles. The van der Waals surface area contributed by atoms with E-state index in [-0.39, 0.29) is 44.1 Å². The van der Waals surface area contributed by atoms with E-state index in [1.54, 1.807) is 0 Å². The van der Waals surface area contributed by atoms with Crippen LogP contribution in [-0.2, 0) is 9.36 Å². The molecule has 0 bridgehead atoms. The van der Waals surface area contributed by atoms with Crippen molar-refractivity contribution in [2.24, 2.45) is 0 Å². The SMILES string of the molecule is CCCCCCC(=O)P(=O)([O-])[O-].[Li+].[Li+]. The Morgan fingerprint density at radius 2 is 1.64 bits per heavy atom. The van der Waals surface area contributed by atoms with E-state index < -0.39 is 13.1 Å². The number of rotatable bonds is 6. The minimum absolute atomic E-state index is 0. The molecule has 0 aromatic rings. The van der Waals surface area contributed by atoms with Crippen molar-refractivity contribution in [3.63, 3.8) is 0 Å². The molecule has 0 heterocycles. The van der Waals surface area contributed by atoms with Crippen LogP contribution < -0.4 is 47.5 Å². The fourth-order valence-corrected chi connectivity index (χ4v) is 1.27. The maximum absolute atomic E-state index is 10.5. The summed E-state index contributed by atoms with van der Waals surface area (Å²) >= 11 is 0. The maximum atomic E-state index is 10.5. The molecule has 0 aliphatic heterocycles. The van der Waals surface area contributed by atoms with Crippen LogP contribution in [0.1, 0.15) is 39.0 Å². The number of unbranched alkanes of at least 4 members (excludes halogenated alkanes) is 3. The van der Waals surface area contributed by atoms with Crippen LogP contribution in [-0.4, -0.2) is 5.52 Å². The summed E-state index contributed by atoms with van der Waals surface area (Å²) in [5.74, 6) is 0. The van der Waals surface area contributed by atoms with E-state index in [0.717, 1.165) is 19.3 Å². The van der Waals surface area contributed by atoms with Gasteiger partial charge in [0.1, 0.15) is 0 Å². The molecule has 0 spiro atoms. The molecule has 7 heteroatoms. The summed E-state index contributed by atoms with van der Waals surface area (Å²) in [7, 11) is -4.94. The predicted molar refractivity (Wildman–Crippen MR) is 41.4 cm³/mol. The Morgan fingerprint density at radius 1 is 1.14 bits per heavy atom. The van der Waals surface area contributed by atoms with Gasteiger partial charge in [-0.1, -0.05) is 26.2 Å². The van der Waals surface area contributed by atoms with Crippen molar-refractivity contribution < 1.29 is 56.9 Å². The van der Waals surface area contributed by atoms with Crippen molar-refractivity contribution in [3.05, 3.63) is 0 Å². The fraction of sp³-hybridized carbons (Fsp3) is 0.857. The molecular formula is C7H13Li2O4P. The van der Waals surface area contributed by atoms with Gasteiger partial charge in [0.25, 0.3) is 0 Å². The van der Waals surface area contributed by atoms with Crippen LogP contribution in [0.4, 0.5) is 0 Å². The summed E-state index contributed by atoms with van der Waals surface area (Å²) in [4.78, 5) is 30.8. The molecule has 0 aliphatic rings. The van der Waals surface area contributed by atoms with Gasteiger partial charge in [-0.05, 0) is 6.42 Å². The van der Waals surface area contributed by atoms with Gasteiger partial charge in [-0.3, -0.25) is 4.79 Å². The Bertz CT molecular complexity index is 192. The summed E-state index contributed by atoms with van der Waals surface area (Å²) in [5.41, 5.74) is -1.15. The summed E-state index contributed by atoms with van der Waals surface area (Å²) in [6.07, 6.45) is 3.17. The Balaban J connectivity index is -0.000000605. The molecule has 0 aromatic carbocycles. The first-order chi connectivity index (χ1) is 5.48. The van der Waals surface area contributed by atoms with Gasteiger partial charge < -0.3 is 14.4 Å². The molecule has 0 N–H and O–H groups in total. The van der Waals surface area contributed by atoms with E-state index in [4.69, 9.17) is 0 Å². The van der Waals surface area contributed by atoms with Crippen LogP contribution in [0, 0.1) is 0 Å². The van der Waals surface area contributed by atoms with Gasteiger partial charge in [-0.25, -0.2) is 0 Å². The van der Waals surface area contributed by atoms with Gasteiger partial charge in [0, 0.05) is 14.0 Å². The summed E-state index contributed by atoms with van der Waals surface area (Å²) < 4.78 is 10.1. The van der Waals surface area contributed by atoms with E-state index in [1.165, 1.54) is 0 Å². The molecule has 0 unspecified atom stereocenters. The van der Waals surface area contributed by atoms with Crippen molar-refractivity contribution in [1.29, 1.82) is 0 Å². The quantitative estimate of drug-likeness (QED) is 0.246. The Morgan fingerprint density at radius 3 is 2.00 bits per heavy atom. The molecule has 72 valence electrons. The van der Waals surface area contributed by atoms with Gasteiger partial charge in [0.2, 0.25) is 0 Å². The van der Waals surface area contributed by atoms with Gasteiger partial charge in [-0.15, -0.1) is 0 Å². The average Bonchev–Trinajstić information content (AvgIpc) is 1.96. The number of carbonyl (C=O) groups is 1. The summed E-state index contributed by atoms with van der Waals surface area (Å²) in [6.45, 7) is 2.01. The summed E-state index contributed by atoms with van der Waals surface area (Å²) in [5, 5.41) is 0. The Labute approximate surface area is 109 Å². The first-order valence-corrected chi connectivity index (χ1v) is 5.58. The second-order valence-corrected chi connectivity index (χ2v) is 4.20. The molecule has 0 amide bonds. The van der Waals surface area contributed by atoms with E-state index in [9.17, 15) is 19.1 Å². The van der Waals surface area contributed by atoms with Crippen molar-refractivity contribution in [2.75, 3.05) is 0 Å². The second-order valence-electron chi connectivity index (χ2n) is 2.70. The van der Waals surface area contributed by atoms with E-state index in [1.807, 2.05) is 6.92 Å². The van der Waals surface area contributed by atoms with Crippen LogP contribution in [0.2, 0.25) is 0 Å².